The van der Waals surface area contributed by atoms with Crippen LogP contribution in [0.15, 0.2) is 35.8 Å². The summed E-state index contributed by atoms with van der Waals surface area (Å²) in [6, 6.07) is 8.24. The van der Waals surface area contributed by atoms with E-state index in [4.69, 9.17) is 5.11 Å². The quantitative estimate of drug-likeness (QED) is 0.711. The molecule has 0 atom stereocenters. The van der Waals surface area contributed by atoms with Crippen LogP contribution < -0.4 is 0 Å². The summed E-state index contributed by atoms with van der Waals surface area (Å²) in [6.07, 6.45) is 1.67. The largest absolute Gasteiger partial charge is 0.390 e. The third kappa shape index (κ3) is 1.43. The van der Waals surface area contributed by atoms with Gasteiger partial charge in [0.15, 0.2) is 0 Å². The van der Waals surface area contributed by atoms with E-state index in [1.165, 1.54) is 10.1 Å². The van der Waals surface area contributed by atoms with Gasteiger partial charge in [-0.05, 0) is 6.07 Å². The lowest BCUT2D eigenvalue weighted by Crippen LogP contribution is -1.82. The number of aromatic nitrogens is 2. The number of benzene rings is 1. The van der Waals surface area contributed by atoms with Crippen molar-refractivity contribution in [2.75, 3.05) is 0 Å². The Bertz CT molecular complexity index is 627. The maximum atomic E-state index is 8.99. The molecule has 2 aromatic heterocycles. The zero-order valence-electron chi connectivity index (χ0n) is 8.47. The molecule has 0 spiro atoms. The topological polar surface area (TPSA) is 48.9 Å². The fourth-order valence-corrected chi connectivity index (χ4v) is 2.68. The second-order valence-electron chi connectivity index (χ2n) is 3.56. The van der Waals surface area contributed by atoms with E-state index in [9.17, 15) is 0 Å². The van der Waals surface area contributed by atoms with Gasteiger partial charge in [-0.25, -0.2) is 4.98 Å². The van der Waals surface area contributed by atoms with E-state index in [2.05, 4.69) is 27.5 Å². The first-order chi connectivity index (χ1) is 7.88. The lowest BCUT2D eigenvalue weighted by molar-refractivity contribution is 0.277. The van der Waals surface area contributed by atoms with E-state index in [-0.39, 0.29) is 6.61 Å². The zero-order valence-corrected chi connectivity index (χ0v) is 9.29. The van der Waals surface area contributed by atoms with Gasteiger partial charge in [0.05, 0.1) is 18.5 Å². The first kappa shape index (κ1) is 9.57. The van der Waals surface area contributed by atoms with Crippen LogP contribution in [0.3, 0.4) is 0 Å². The molecule has 0 aliphatic carbocycles. The molecule has 0 fully saturated rings. The number of thiophene rings is 1. The van der Waals surface area contributed by atoms with E-state index in [1.807, 2.05) is 12.1 Å². The number of H-pyrrole nitrogens is 1. The molecule has 3 nitrogen and oxygen atoms in total. The molecule has 4 heteroatoms. The molecule has 80 valence electrons. The molecule has 0 bridgehead atoms. The second kappa shape index (κ2) is 3.73. The standard InChI is InChI=1S/C12H10N2OS/c15-6-8-5-13-12(14-8)10-7-16-11-4-2-1-3-9(10)11/h1-5,7,15H,6H2,(H,13,14). The molecule has 3 aromatic rings. The molecule has 1 aromatic carbocycles. The first-order valence-electron chi connectivity index (χ1n) is 5.00. The number of nitrogens with zero attached hydrogens (tertiary/aromatic N) is 1. The van der Waals surface area contributed by atoms with Crippen LogP contribution in [-0.4, -0.2) is 15.1 Å². The van der Waals surface area contributed by atoms with Gasteiger partial charge in [-0.2, -0.15) is 0 Å². The van der Waals surface area contributed by atoms with Gasteiger partial charge >= 0.3 is 0 Å². The van der Waals surface area contributed by atoms with Crippen molar-refractivity contribution in [3.63, 3.8) is 0 Å². The van der Waals surface area contributed by atoms with E-state index >= 15 is 0 Å². The van der Waals surface area contributed by atoms with Crippen molar-refractivity contribution in [1.82, 2.24) is 9.97 Å². The van der Waals surface area contributed by atoms with E-state index in [0.717, 1.165) is 17.1 Å². The summed E-state index contributed by atoms with van der Waals surface area (Å²) in [7, 11) is 0. The molecule has 0 saturated heterocycles. The number of aliphatic hydroxyl groups is 1. The Kier molecular flexibility index (Phi) is 2.23. The van der Waals surface area contributed by atoms with Crippen LogP contribution in [0, 0.1) is 0 Å². The Morgan fingerprint density at radius 1 is 1.31 bits per heavy atom. The number of hydrogen-bond acceptors (Lipinski definition) is 3. The SMILES string of the molecule is OCc1cnc(-c2csc3ccccc23)[nH]1. The van der Waals surface area contributed by atoms with Gasteiger partial charge in [0, 0.05) is 21.0 Å². The molecule has 0 aliphatic rings. The predicted molar refractivity (Wildman–Crippen MR) is 65.3 cm³/mol. The molecular weight excluding hydrogens is 220 g/mol. The minimum atomic E-state index is -0.00489. The fraction of sp³-hybridized carbons (Fsp3) is 0.0833. The van der Waals surface area contributed by atoms with Crippen LogP contribution in [0.1, 0.15) is 5.69 Å². The van der Waals surface area contributed by atoms with Gasteiger partial charge in [-0.3, -0.25) is 0 Å². The Morgan fingerprint density at radius 3 is 3.00 bits per heavy atom. The molecule has 0 aliphatic heterocycles. The number of rotatable bonds is 2. The van der Waals surface area contributed by atoms with Crippen molar-refractivity contribution in [2.45, 2.75) is 6.61 Å². The lowest BCUT2D eigenvalue weighted by Gasteiger charge is -1.94. The maximum Gasteiger partial charge on any atom is 0.139 e. The number of hydrogen-bond donors (Lipinski definition) is 2. The molecule has 3 rings (SSSR count). The van der Waals surface area contributed by atoms with Crippen molar-refractivity contribution >= 4 is 21.4 Å². The summed E-state index contributed by atoms with van der Waals surface area (Å²) >= 11 is 1.70. The normalized spacial score (nSPS) is 11.1. The maximum absolute atomic E-state index is 8.99. The highest BCUT2D eigenvalue weighted by molar-refractivity contribution is 7.17. The number of aromatic amines is 1. The van der Waals surface area contributed by atoms with Crippen LogP contribution in [-0.2, 0) is 6.61 Å². The number of fused-ring (bicyclic) bond motifs is 1. The number of aliphatic hydroxyl groups excluding tert-OH is 1. The van der Waals surface area contributed by atoms with Gasteiger partial charge in [0.25, 0.3) is 0 Å². The molecule has 0 radical (unpaired) electrons. The summed E-state index contributed by atoms with van der Waals surface area (Å²) in [5.41, 5.74) is 1.84. The number of imidazole rings is 1. The average Bonchev–Trinajstić information content (AvgIpc) is 2.94. The minimum absolute atomic E-state index is 0.00489. The molecule has 2 N–H and O–H groups in total. The van der Waals surface area contributed by atoms with Gasteiger partial charge < -0.3 is 10.1 Å². The Hall–Kier alpha value is -1.65. The summed E-state index contributed by atoms with van der Waals surface area (Å²) < 4.78 is 1.25. The van der Waals surface area contributed by atoms with E-state index in [1.54, 1.807) is 17.5 Å². The monoisotopic (exact) mass is 230 g/mol. The van der Waals surface area contributed by atoms with Crippen LogP contribution in [0.4, 0.5) is 0 Å². The summed E-state index contributed by atoms with van der Waals surface area (Å²) in [5, 5.41) is 12.3. The summed E-state index contributed by atoms with van der Waals surface area (Å²) in [5.74, 6) is 0.821. The number of nitrogens with one attached hydrogen (secondary N) is 1. The van der Waals surface area contributed by atoms with E-state index in [0.29, 0.717) is 0 Å². The summed E-state index contributed by atoms with van der Waals surface area (Å²) in [6.45, 7) is -0.00489. The highest BCUT2D eigenvalue weighted by Gasteiger charge is 2.08. The van der Waals surface area contributed by atoms with Crippen LogP contribution in [0.5, 0.6) is 0 Å². The smallest absolute Gasteiger partial charge is 0.139 e. The van der Waals surface area contributed by atoms with Crippen molar-refractivity contribution < 1.29 is 5.11 Å². The minimum Gasteiger partial charge on any atom is -0.390 e. The molecular formula is C12H10N2OS. The van der Waals surface area contributed by atoms with Gasteiger partial charge in [0.1, 0.15) is 5.82 Å². The Morgan fingerprint density at radius 2 is 2.19 bits per heavy atom. The van der Waals surface area contributed by atoms with Crippen molar-refractivity contribution in [3.05, 3.63) is 41.5 Å². The molecule has 0 saturated carbocycles. The van der Waals surface area contributed by atoms with Gasteiger partial charge in [-0.15, -0.1) is 11.3 Å². The first-order valence-corrected chi connectivity index (χ1v) is 5.88. The van der Waals surface area contributed by atoms with Crippen LogP contribution in [0.2, 0.25) is 0 Å². The highest BCUT2D eigenvalue weighted by atomic mass is 32.1. The summed E-state index contributed by atoms with van der Waals surface area (Å²) in [4.78, 5) is 7.37. The lowest BCUT2D eigenvalue weighted by atomic mass is 10.2. The predicted octanol–water partition coefficient (Wildman–Crippen LogP) is 2.78. The van der Waals surface area contributed by atoms with Crippen molar-refractivity contribution in [3.8, 4) is 11.4 Å². The third-order valence-electron chi connectivity index (χ3n) is 2.53. The highest BCUT2D eigenvalue weighted by Crippen LogP contribution is 2.31. The Balaban J connectivity index is 2.18. The van der Waals surface area contributed by atoms with Crippen molar-refractivity contribution in [2.24, 2.45) is 0 Å². The Labute approximate surface area is 96.4 Å². The zero-order chi connectivity index (χ0) is 11.0. The van der Waals surface area contributed by atoms with Gasteiger partial charge in [0.2, 0.25) is 0 Å². The molecule has 2 heterocycles. The molecule has 0 amide bonds. The fourth-order valence-electron chi connectivity index (χ4n) is 1.74. The third-order valence-corrected chi connectivity index (χ3v) is 3.50. The molecule has 16 heavy (non-hydrogen) atoms. The second-order valence-corrected chi connectivity index (χ2v) is 4.47. The van der Waals surface area contributed by atoms with Crippen LogP contribution >= 0.6 is 11.3 Å². The average molecular weight is 230 g/mol. The molecule has 0 unspecified atom stereocenters. The van der Waals surface area contributed by atoms with Crippen LogP contribution in [0.25, 0.3) is 21.5 Å². The van der Waals surface area contributed by atoms with Gasteiger partial charge in [-0.1, -0.05) is 18.2 Å². The van der Waals surface area contributed by atoms with E-state index < -0.39 is 0 Å². The van der Waals surface area contributed by atoms with Crippen molar-refractivity contribution in [1.29, 1.82) is 0 Å².